The van der Waals surface area contributed by atoms with Gasteiger partial charge in [-0.15, -0.1) is 5.56 Å². The predicted octanol–water partition coefficient (Wildman–Crippen LogP) is 1.49. The Morgan fingerprint density at radius 3 is 2.58 bits per heavy atom. The van der Waals surface area contributed by atoms with E-state index < -0.39 is 0 Å². The van der Waals surface area contributed by atoms with Crippen LogP contribution in [0.5, 0.6) is 0 Å². The van der Waals surface area contributed by atoms with Crippen molar-refractivity contribution in [1.29, 1.82) is 0 Å². The van der Waals surface area contributed by atoms with Gasteiger partial charge in [0.1, 0.15) is 0 Å². The summed E-state index contributed by atoms with van der Waals surface area (Å²) < 4.78 is 0. The van der Waals surface area contributed by atoms with Crippen LogP contribution < -0.4 is 0 Å². The molecule has 0 saturated carbocycles. The number of nitrogens with zero attached hydrogens (tertiary/aromatic N) is 1. The average Bonchev–Trinajstić information content (AvgIpc) is 2.05. The minimum absolute atomic E-state index is 0. The molecule has 12 heavy (non-hydrogen) atoms. The van der Waals surface area contributed by atoms with Crippen LogP contribution in [0.2, 0.25) is 0 Å². The molecule has 1 radical (unpaired) electrons. The van der Waals surface area contributed by atoms with Gasteiger partial charge in [-0.1, -0.05) is 20.0 Å². The zero-order valence-electron chi connectivity index (χ0n) is 7.41. The molecule has 0 unspecified atom stereocenters. The van der Waals surface area contributed by atoms with E-state index in [0.29, 0.717) is 11.6 Å². The minimum atomic E-state index is -0.00508. The Kier molecular flexibility index (Phi) is 5.89. The van der Waals surface area contributed by atoms with Crippen molar-refractivity contribution in [3.8, 4) is 0 Å². The van der Waals surface area contributed by atoms with Crippen molar-refractivity contribution in [3.05, 3.63) is 29.6 Å². The summed E-state index contributed by atoms with van der Waals surface area (Å²) in [6.07, 6.45) is 1.76. The van der Waals surface area contributed by atoms with Crippen LogP contribution in [0.3, 0.4) is 0 Å². The molecule has 0 aromatic carbocycles. The molecule has 1 aromatic rings. The molecule has 1 rings (SSSR count). The molecule has 0 saturated heterocycles. The SMILES string of the molecule is CC(C)c1[c-]cc(CO)nc1.[Y]. The maximum Gasteiger partial charge on any atom is 0.0399 e. The van der Waals surface area contributed by atoms with E-state index in [9.17, 15) is 0 Å². The second-order valence-corrected chi connectivity index (χ2v) is 2.81. The smallest absolute Gasteiger partial charge is 0.0399 e. The molecule has 3 heteroatoms. The summed E-state index contributed by atoms with van der Waals surface area (Å²) >= 11 is 0. The zero-order valence-corrected chi connectivity index (χ0v) is 10.2. The fourth-order valence-electron chi connectivity index (χ4n) is 0.796. The Morgan fingerprint density at radius 1 is 1.58 bits per heavy atom. The van der Waals surface area contributed by atoms with Gasteiger partial charge in [-0.05, 0) is 11.6 Å². The monoisotopic (exact) mass is 239 g/mol. The molecule has 0 aliphatic heterocycles. The molecule has 0 fully saturated rings. The van der Waals surface area contributed by atoms with Gasteiger partial charge in [-0.3, -0.25) is 0 Å². The second kappa shape index (κ2) is 5.79. The van der Waals surface area contributed by atoms with Gasteiger partial charge >= 0.3 is 0 Å². The molecule has 1 aromatic heterocycles. The van der Waals surface area contributed by atoms with Crippen LogP contribution in [0, 0.1) is 6.07 Å². The maximum atomic E-state index is 8.68. The standard InChI is InChI=1S/C9H12NO.Y/c1-7(2)8-3-4-9(6-11)10-5-8;/h4-5,7,11H,6H2,1-2H3;/q-1;. The summed E-state index contributed by atoms with van der Waals surface area (Å²) in [5, 5.41) is 8.68. The first kappa shape index (κ1) is 12.2. The summed E-state index contributed by atoms with van der Waals surface area (Å²) in [5.41, 5.74) is 1.76. The molecular weight excluding hydrogens is 227 g/mol. The van der Waals surface area contributed by atoms with Crippen molar-refractivity contribution in [2.24, 2.45) is 0 Å². The molecule has 0 aliphatic rings. The van der Waals surface area contributed by atoms with Crippen LogP contribution in [-0.2, 0) is 39.3 Å². The van der Waals surface area contributed by atoms with Crippen molar-refractivity contribution in [3.63, 3.8) is 0 Å². The zero-order chi connectivity index (χ0) is 8.27. The fraction of sp³-hybridized carbons (Fsp3) is 0.444. The summed E-state index contributed by atoms with van der Waals surface area (Å²) in [5.74, 6) is 0.454. The summed E-state index contributed by atoms with van der Waals surface area (Å²) in [7, 11) is 0. The second-order valence-electron chi connectivity index (χ2n) is 2.81. The van der Waals surface area contributed by atoms with Crippen LogP contribution in [-0.4, -0.2) is 10.1 Å². The van der Waals surface area contributed by atoms with Crippen LogP contribution in [0.15, 0.2) is 12.3 Å². The Labute approximate surface area is 98.3 Å². The number of hydrogen-bond donors (Lipinski definition) is 1. The molecule has 0 aliphatic carbocycles. The normalized spacial score (nSPS) is 9.67. The largest absolute Gasteiger partial charge is 0.403 e. The van der Waals surface area contributed by atoms with Gasteiger partial charge in [-0.25, -0.2) is 0 Å². The van der Waals surface area contributed by atoms with Crippen molar-refractivity contribution >= 4 is 0 Å². The molecule has 0 bridgehead atoms. The van der Waals surface area contributed by atoms with Crippen molar-refractivity contribution in [2.75, 3.05) is 0 Å². The third-order valence-corrected chi connectivity index (χ3v) is 1.56. The summed E-state index contributed by atoms with van der Waals surface area (Å²) in [4.78, 5) is 4.04. The Bertz CT molecular complexity index is 220. The molecule has 0 atom stereocenters. The first-order chi connectivity index (χ1) is 5.24. The number of aromatic nitrogens is 1. The minimum Gasteiger partial charge on any atom is -0.403 e. The van der Waals surface area contributed by atoms with Crippen molar-refractivity contribution in [2.45, 2.75) is 26.4 Å². The molecule has 0 spiro atoms. The third-order valence-electron chi connectivity index (χ3n) is 1.56. The first-order valence-corrected chi connectivity index (χ1v) is 3.71. The molecule has 1 heterocycles. The van der Waals surface area contributed by atoms with Crippen LogP contribution >= 0.6 is 0 Å². The molecule has 63 valence electrons. The van der Waals surface area contributed by atoms with E-state index in [0.717, 1.165) is 5.56 Å². The van der Waals surface area contributed by atoms with Crippen LogP contribution in [0.4, 0.5) is 0 Å². The van der Waals surface area contributed by atoms with Gasteiger partial charge in [-0.2, -0.15) is 12.1 Å². The van der Waals surface area contributed by atoms with E-state index in [1.54, 1.807) is 12.3 Å². The Hall–Kier alpha value is 0.214. The number of rotatable bonds is 2. The molecular formula is C9H12NOY-. The number of aliphatic hydroxyl groups excluding tert-OH is 1. The summed E-state index contributed by atoms with van der Waals surface area (Å²) in [6, 6.07) is 4.80. The Balaban J connectivity index is 0.00000121. The fourth-order valence-corrected chi connectivity index (χ4v) is 0.796. The maximum absolute atomic E-state index is 8.68. The van der Waals surface area contributed by atoms with E-state index in [1.165, 1.54) is 0 Å². The molecule has 2 nitrogen and oxygen atoms in total. The van der Waals surface area contributed by atoms with E-state index in [4.69, 9.17) is 5.11 Å². The van der Waals surface area contributed by atoms with E-state index >= 15 is 0 Å². The molecule has 0 amide bonds. The van der Waals surface area contributed by atoms with E-state index in [-0.39, 0.29) is 39.3 Å². The van der Waals surface area contributed by atoms with Crippen molar-refractivity contribution in [1.82, 2.24) is 4.98 Å². The average molecular weight is 239 g/mol. The molecule has 1 N–H and O–H groups in total. The van der Waals surface area contributed by atoms with E-state index in [2.05, 4.69) is 24.9 Å². The third kappa shape index (κ3) is 3.30. The van der Waals surface area contributed by atoms with Gasteiger partial charge in [0, 0.05) is 39.3 Å². The number of hydrogen-bond acceptors (Lipinski definition) is 2. The topological polar surface area (TPSA) is 33.1 Å². The van der Waals surface area contributed by atoms with Gasteiger partial charge < -0.3 is 10.1 Å². The van der Waals surface area contributed by atoms with Crippen molar-refractivity contribution < 1.29 is 37.8 Å². The van der Waals surface area contributed by atoms with E-state index in [1.807, 2.05) is 0 Å². The Morgan fingerprint density at radius 2 is 2.25 bits per heavy atom. The predicted molar refractivity (Wildman–Crippen MR) is 43.1 cm³/mol. The summed E-state index contributed by atoms with van der Waals surface area (Å²) in [6.45, 7) is 4.17. The first-order valence-electron chi connectivity index (χ1n) is 3.71. The number of pyridine rings is 1. The van der Waals surface area contributed by atoms with Crippen LogP contribution in [0.25, 0.3) is 0 Å². The van der Waals surface area contributed by atoms with Gasteiger partial charge in [0.05, 0.1) is 0 Å². The quantitative estimate of drug-likeness (QED) is 0.793. The van der Waals surface area contributed by atoms with Gasteiger partial charge in [0.25, 0.3) is 0 Å². The van der Waals surface area contributed by atoms with Crippen LogP contribution in [0.1, 0.15) is 31.0 Å². The van der Waals surface area contributed by atoms with Gasteiger partial charge in [0.15, 0.2) is 0 Å². The number of aliphatic hydroxyl groups is 1. The van der Waals surface area contributed by atoms with Gasteiger partial charge in [0.2, 0.25) is 0 Å².